The van der Waals surface area contributed by atoms with Crippen molar-refractivity contribution in [3.05, 3.63) is 12.2 Å². The molecule has 0 aromatic carbocycles. The number of fused-ring (bicyclic) bond motifs is 2. The number of ether oxygens (including phenoxy) is 2. The summed E-state index contributed by atoms with van der Waals surface area (Å²) in [5, 5.41) is 0. The Balaban J connectivity index is 1.58. The molecular formula is C20H26O3. The van der Waals surface area contributed by atoms with E-state index in [0.29, 0.717) is 29.0 Å². The Morgan fingerprint density at radius 2 is 2.04 bits per heavy atom. The summed E-state index contributed by atoms with van der Waals surface area (Å²) in [6.07, 6.45) is 8.20. The van der Waals surface area contributed by atoms with E-state index >= 15 is 0 Å². The lowest BCUT2D eigenvalue weighted by Gasteiger charge is -2.76. The van der Waals surface area contributed by atoms with Crippen LogP contribution >= 0.6 is 0 Å². The molecule has 3 nitrogen and oxygen atoms in total. The first-order valence-electron chi connectivity index (χ1n) is 9.53. The van der Waals surface area contributed by atoms with Crippen LogP contribution in [0.4, 0.5) is 0 Å². The topological polar surface area (TPSA) is 35.5 Å². The molecule has 2 spiro atoms. The molecule has 5 aliphatic carbocycles. The van der Waals surface area contributed by atoms with Gasteiger partial charge in [-0.25, -0.2) is 0 Å². The van der Waals surface area contributed by atoms with Crippen LogP contribution in [0, 0.1) is 34.0 Å². The average Bonchev–Trinajstić information content (AvgIpc) is 2.55. The molecule has 8 atom stereocenters. The second-order valence-corrected chi connectivity index (χ2v) is 9.59. The SMILES string of the molecule is C=C1C(=O)C23CC[C@@H]1CC2[C@@]12CCC[C@@]4(C)COC1OC3CC42. The molecule has 0 aromatic heterocycles. The minimum atomic E-state index is -0.252. The fraction of sp³-hybridized carbons (Fsp3) is 0.850. The highest BCUT2D eigenvalue weighted by Crippen LogP contribution is 2.77. The molecule has 5 saturated carbocycles. The van der Waals surface area contributed by atoms with Crippen molar-refractivity contribution >= 4 is 5.78 Å². The molecule has 23 heavy (non-hydrogen) atoms. The van der Waals surface area contributed by atoms with E-state index in [2.05, 4.69) is 13.5 Å². The Kier molecular flexibility index (Phi) is 2.23. The van der Waals surface area contributed by atoms with Gasteiger partial charge in [0, 0.05) is 5.41 Å². The number of allylic oxidation sites excluding steroid dienone is 1. The second kappa shape index (κ2) is 3.77. The molecule has 124 valence electrons. The number of rotatable bonds is 0. The molecule has 0 amide bonds. The maximum atomic E-state index is 13.3. The summed E-state index contributed by atoms with van der Waals surface area (Å²) < 4.78 is 12.8. The minimum absolute atomic E-state index is 0.0457. The van der Waals surface area contributed by atoms with Gasteiger partial charge in [0.05, 0.1) is 18.1 Å². The Labute approximate surface area is 137 Å². The largest absolute Gasteiger partial charge is 0.351 e. The smallest absolute Gasteiger partial charge is 0.167 e. The van der Waals surface area contributed by atoms with E-state index in [1.165, 1.54) is 19.3 Å². The third-order valence-corrected chi connectivity index (χ3v) is 9.07. The molecule has 3 heteroatoms. The Morgan fingerprint density at radius 3 is 2.91 bits per heavy atom. The molecule has 8 aliphatic rings. The van der Waals surface area contributed by atoms with Gasteiger partial charge in [0.15, 0.2) is 12.1 Å². The van der Waals surface area contributed by atoms with E-state index in [1.54, 1.807) is 0 Å². The van der Waals surface area contributed by atoms with Crippen LogP contribution in [0.25, 0.3) is 0 Å². The van der Waals surface area contributed by atoms with Gasteiger partial charge < -0.3 is 9.47 Å². The zero-order valence-corrected chi connectivity index (χ0v) is 14.0. The van der Waals surface area contributed by atoms with Gasteiger partial charge in [0.2, 0.25) is 0 Å². The molecule has 3 aliphatic heterocycles. The minimum Gasteiger partial charge on any atom is -0.351 e. The van der Waals surface area contributed by atoms with Crippen LogP contribution in [0.15, 0.2) is 12.2 Å². The fourth-order valence-corrected chi connectivity index (χ4v) is 8.18. The highest BCUT2D eigenvalue weighted by atomic mass is 16.7. The lowest BCUT2D eigenvalue weighted by atomic mass is 9.33. The van der Waals surface area contributed by atoms with E-state index in [4.69, 9.17) is 9.47 Å². The zero-order chi connectivity index (χ0) is 15.6. The molecule has 0 N–H and O–H groups in total. The van der Waals surface area contributed by atoms with E-state index in [0.717, 1.165) is 37.9 Å². The predicted octanol–water partition coefficient (Wildman–Crippen LogP) is 3.48. The molecule has 3 heterocycles. The third-order valence-electron chi connectivity index (χ3n) is 9.07. The Hall–Kier alpha value is -0.670. The van der Waals surface area contributed by atoms with Crippen molar-refractivity contribution in [2.24, 2.45) is 34.0 Å². The van der Waals surface area contributed by atoms with Crippen LogP contribution in [0.2, 0.25) is 0 Å². The summed E-state index contributed by atoms with van der Waals surface area (Å²) in [4.78, 5) is 13.3. The number of hydrogen-bond donors (Lipinski definition) is 0. The summed E-state index contributed by atoms with van der Waals surface area (Å²) >= 11 is 0. The predicted molar refractivity (Wildman–Crippen MR) is 84.5 cm³/mol. The van der Waals surface area contributed by atoms with Gasteiger partial charge in [-0.2, -0.15) is 0 Å². The van der Waals surface area contributed by atoms with E-state index < -0.39 is 0 Å². The molecule has 7 bridgehead atoms. The van der Waals surface area contributed by atoms with Crippen molar-refractivity contribution in [2.75, 3.05) is 6.61 Å². The summed E-state index contributed by atoms with van der Waals surface area (Å²) in [6.45, 7) is 7.46. The van der Waals surface area contributed by atoms with Crippen molar-refractivity contribution in [1.82, 2.24) is 0 Å². The Morgan fingerprint density at radius 1 is 1.17 bits per heavy atom. The van der Waals surface area contributed by atoms with Crippen molar-refractivity contribution in [1.29, 1.82) is 0 Å². The van der Waals surface area contributed by atoms with Gasteiger partial charge in [-0.3, -0.25) is 4.79 Å². The summed E-state index contributed by atoms with van der Waals surface area (Å²) in [5.74, 6) is 1.96. The van der Waals surface area contributed by atoms with Crippen LogP contribution in [-0.2, 0) is 14.3 Å². The number of ketones is 1. The number of Topliss-reactive ketones (excluding diaryl/α,β-unsaturated/α-hetero) is 1. The zero-order valence-electron chi connectivity index (χ0n) is 14.0. The van der Waals surface area contributed by atoms with Crippen molar-refractivity contribution < 1.29 is 14.3 Å². The van der Waals surface area contributed by atoms with Crippen LogP contribution in [0.3, 0.4) is 0 Å². The maximum absolute atomic E-state index is 13.3. The number of hydrogen-bond acceptors (Lipinski definition) is 3. The molecule has 3 saturated heterocycles. The average molecular weight is 314 g/mol. The van der Waals surface area contributed by atoms with Gasteiger partial charge in [0.25, 0.3) is 0 Å². The van der Waals surface area contributed by atoms with E-state index in [9.17, 15) is 4.79 Å². The standard InChI is InChI=1S/C20H26O3/c1-11-12-4-7-20(16(11)21)14(8-12)19-6-3-5-18(2)10-22-17(19)23-15(20)9-13(18)19/h12-15,17H,1,3-10H2,2H3/t12-,13?,14?,15?,17?,18+,19+,20?/m1/s1. The van der Waals surface area contributed by atoms with Gasteiger partial charge in [0.1, 0.15) is 0 Å². The third kappa shape index (κ3) is 1.20. The van der Waals surface area contributed by atoms with Crippen LogP contribution in [0.5, 0.6) is 0 Å². The summed E-state index contributed by atoms with van der Waals surface area (Å²) in [7, 11) is 0. The Bertz CT molecular complexity index is 641. The monoisotopic (exact) mass is 314 g/mol. The summed E-state index contributed by atoms with van der Waals surface area (Å²) in [5.41, 5.74) is 1.06. The fourth-order valence-electron chi connectivity index (χ4n) is 8.18. The first-order valence-corrected chi connectivity index (χ1v) is 9.53. The van der Waals surface area contributed by atoms with Gasteiger partial charge in [-0.05, 0) is 67.3 Å². The van der Waals surface area contributed by atoms with Crippen molar-refractivity contribution in [3.8, 4) is 0 Å². The molecule has 8 fully saturated rings. The highest BCUT2D eigenvalue weighted by molar-refractivity contribution is 6.02. The molecular weight excluding hydrogens is 288 g/mol. The quantitative estimate of drug-likeness (QED) is 0.642. The summed E-state index contributed by atoms with van der Waals surface area (Å²) in [6, 6.07) is 0. The first-order chi connectivity index (χ1) is 11.0. The van der Waals surface area contributed by atoms with Gasteiger partial charge in [-0.1, -0.05) is 19.9 Å². The maximum Gasteiger partial charge on any atom is 0.167 e. The van der Waals surface area contributed by atoms with Gasteiger partial charge in [-0.15, -0.1) is 0 Å². The number of carbonyl (C=O) groups is 1. The van der Waals surface area contributed by atoms with Gasteiger partial charge >= 0.3 is 0 Å². The molecule has 8 rings (SSSR count). The van der Waals surface area contributed by atoms with E-state index in [1.807, 2.05) is 0 Å². The van der Waals surface area contributed by atoms with Crippen LogP contribution in [0.1, 0.15) is 51.9 Å². The first kappa shape index (κ1) is 13.6. The normalized spacial score (nSPS) is 62.4. The lowest BCUT2D eigenvalue weighted by molar-refractivity contribution is -0.420. The highest BCUT2D eigenvalue weighted by Gasteiger charge is 2.78. The second-order valence-electron chi connectivity index (χ2n) is 9.59. The molecule has 0 radical (unpaired) electrons. The molecule has 5 unspecified atom stereocenters. The lowest BCUT2D eigenvalue weighted by Crippen LogP contribution is -2.78. The molecule has 0 aromatic rings. The van der Waals surface area contributed by atoms with Crippen molar-refractivity contribution in [3.63, 3.8) is 0 Å². The number of carbonyl (C=O) groups excluding carboxylic acids is 1. The van der Waals surface area contributed by atoms with Crippen molar-refractivity contribution in [2.45, 2.75) is 64.3 Å². The van der Waals surface area contributed by atoms with E-state index in [-0.39, 0.29) is 23.2 Å². The van der Waals surface area contributed by atoms with Crippen LogP contribution < -0.4 is 0 Å². The van der Waals surface area contributed by atoms with Crippen LogP contribution in [-0.4, -0.2) is 24.8 Å².